The van der Waals surface area contributed by atoms with E-state index in [0.29, 0.717) is 29.7 Å². The summed E-state index contributed by atoms with van der Waals surface area (Å²) in [4.78, 5) is 52.5. The van der Waals surface area contributed by atoms with E-state index in [-0.39, 0.29) is 55.5 Å². The van der Waals surface area contributed by atoms with Crippen molar-refractivity contribution in [2.75, 3.05) is 13.2 Å². The first kappa shape index (κ1) is 27.0. The molecule has 37 heavy (non-hydrogen) atoms. The normalized spacial score (nSPS) is 13.6. The zero-order valence-electron chi connectivity index (χ0n) is 20.0. The van der Waals surface area contributed by atoms with Crippen LogP contribution in [0.1, 0.15) is 52.0 Å². The van der Waals surface area contributed by atoms with Crippen molar-refractivity contribution < 1.29 is 38.5 Å². The molecule has 7 N–H and O–H groups in total. The van der Waals surface area contributed by atoms with Gasteiger partial charge in [0, 0.05) is 6.42 Å². The molecule has 0 bridgehead atoms. The molecule has 0 aromatic heterocycles. The number of rotatable bonds is 9. The molecule has 196 valence electrons. The quantitative estimate of drug-likeness (QED) is 0.0962. The fraction of sp³-hybridized carbons (Fsp3) is 0.320. The van der Waals surface area contributed by atoms with Crippen molar-refractivity contribution in [2.45, 2.75) is 32.1 Å². The maximum absolute atomic E-state index is 13.1. The third-order valence-corrected chi connectivity index (χ3v) is 5.61. The van der Waals surface area contributed by atoms with Crippen LogP contribution in [0.15, 0.2) is 41.4 Å². The molecule has 0 unspecified atom stereocenters. The Labute approximate surface area is 212 Å². The lowest BCUT2D eigenvalue weighted by Gasteiger charge is -2.19. The molecule has 1 heterocycles. The van der Waals surface area contributed by atoms with E-state index in [9.17, 15) is 24.3 Å². The van der Waals surface area contributed by atoms with Crippen LogP contribution >= 0.6 is 0 Å². The molecule has 2 aromatic carbocycles. The van der Waals surface area contributed by atoms with Crippen LogP contribution in [0.2, 0.25) is 0 Å². The van der Waals surface area contributed by atoms with Crippen molar-refractivity contribution in [1.29, 1.82) is 0 Å². The van der Waals surface area contributed by atoms with Crippen LogP contribution in [0, 0.1) is 5.92 Å². The van der Waals surface area contributed by atoms with E-state index in [1.165, 1.54) is 18.2 Å². The number of hydrogen-bond donors (Lipinski definition) is 4. The Hall–Kier alpha value is -4.61. The van der Waals surface area contributed by atoms with Crippen molar-refractivity contribution in [1.82, 2.24) is 0 Å². The maximum Gasteiger partial charge on any atom is 0.404 e. The van der Waals surface area contributed by atoms with Gasteiger partial charge in [-0.2, -0.15) is 0 Å². The van der Waals surface area contributed by atoms with Gasteiger partial charge in [0.25, 0.3) is 0 Å². The second-order valence-electron chi connectivity index (χ2n) is 8.32. The largest absolute Gasteiger partial charge is 0.489 e. The van der Waals surface area contributed by atoms with Gasteiger partial charge in [0.2, 0.25) is 0 Å². The summed E-state index contributed by atoms with van der Waals surface area (Å²) in [6.07, 6.45) is -0.00323. The van der Waals surface area contributed by atoms with Gasteiger partial charge >= 0.3 is 18.0 Å². The van der Waals surface area contributed by atoms with Crippen LogP contribution in [0.3, 0.4) is 0 Å². The minimum absolute atomic E-state index is 0.0405. The molecule has 0 radical (unpaired) electrons. The summed E-state index contributed by atoms with van der Waals surface area (Å²) >= 11 is 0. The fourth-order valence-electron chi connectivity index (χ4n) is 3.91. The summed E-state index contributed by atoms with van der Waals surface area (Å²) in [5.41, 5.74) is 17.4. The molecule has 3 rings (SSSR count). The van der Waals surface area contributed by atoms with Crippen molar-refractivity contribution >= 4 is 35.5 Å². The number of para-hydroxylation sites is 1. The van der Waals surface area contributed by atoms with Gasteiger partial charge in [0.1, 0.15) is 0 Å². The molecule has 0 aliphatic carbocycles. The fourth-order valence-corrected chi connectivity index (χ4v) is 3.91. The molecule has 0 fully saturated rings. The van der Waals surface area contributed by atoms with Crippen molar-refractivity contribution in [3.05, 3.63) is 53.1 Å². The van der Waals surface area contributed by atoms with E-state index in [1.54, 1.807) is 18.2 Å². The van der Waals surface area contributed by atoms with Crippen molar-refractivity contribution in [3.8, 4) is 11.5 Å². The van der Waals surface area contributed by atoms with Crippen molar-refractivity contribution in [2.24, 2.45) is 28.1 Å². The molecule has 0 saturated heterocycles. The van der Waals surface area contributed by atoms with Gasteiger partial charge in [-0.25, -0.2) is 14.6 Å². The Morgan fingerprint density at radius 1 is 1.14 bits per heavy atom. The zero-order chi connectivity index (χ0) is 26.9. The van der Waals surface area contributed by atoms with Gasteiger partial charge in [0.05, 0.1) is 35.9 Å². The number of fused-ring (bicyclic) bond motifs is 2. The minimum atomic E-state index is -1.16. The number of carbonyl (C=O) groups excluding carboxylic acids is 3. The number of aryl methyl sites for hydroxylation is 1. The SMILES string of the molecule is NC(=O)OCCC[C@H](CC(=O)c1cccc2c1OCCCc1cc(N=C(N)N)ccc1C(=O)O2)C(=O)O. The standard InChI is InChI=1S/C25H28N4O8/c26-24(27)29-16-8-9-17-14(12-16)4-2-10-35-21-18(6-1-7-20(21)37-23(17)33)19(30)13-15(22(31)32)5-3-11-36-25(28)34/h1,6-9,12,15H,2-5,10-11,13H2,(H2,28,34)(H,31,32)(H4,26,27,29)/t15-/m1/s1. The third-order valence-electron chi connectivity index (χ3n) is 5.61. The molecule has 12 nitrogen and oxygen atoms in total. The van der Waals surface area contributed by atoms with Gasteiger partial charge in [-0.05, 0) is 61.6 Å². The Bertz CT molecular complexity index is 1220. The molecule has 1 aliphatic heterocycles. The van der Waals surface area contributed by atoms with Crippen LogP contribution in [0.4, 0.5) is 10.5 Å². The molecule has 0 spiro atoms. The highest BCUT2D eigenvalue weighted by atomic mass is 16.6. The first-order valence-corrected chi connectivity index (χ1v) is 11.5. The Balaban J connectivity index is 1.82. The van der Waals surface area contributed by atoms with Crippen LogP contribution in [0.5, 0.6) is 11.5 Å². The van der Waals surface area contributed by atoms with Gasteiger partial charge in [-0.1, -0.05) is 6.07 Å². The molecule has 2 aromatic rings. The van der Waals surface area contributed by atoms with Crippen LogP contribution < -0.4 is 26.7 Å². The van der Waals surface area contributed by atoms with E-state index < -0.39 is 29.7 Å². The number of guanidine groups is 1. The number of ketones is 1. The number of carbonyl (C=O) groups is 4. The summed E-state index contributed by atoms with van der Waals surface area (Å²) < 4.78 is 16.1. The summed E-state index contributed by atoms with van der Waals surface area (Å²) in [6.45, 7) is 0.148. The number of carboxylic acids is 1. The summed E-state index contributed by atoms with van der Waals surface area (Å²) in [7, 11) is 0. The Kier molecular flexibility index (Phi) is 9.03. The van der Waals surface area contributed by atoms with Gasteiger partial charge in [-0.15, -0.1) is 0 Å². The highest BCUT2D eigenvalue weighted by molar-refractivity contribution is 6.01. The molecule has 1 amide bonds. The number of Topliss-reactive ketones (excluding diaryl/α,β-unsaturated/α-hetero) is 1. The van der Waals surface area contributed by atoms with E-state index in [1.807, 2.05) is 0 Å². The number of esters is 1. The average Bonchev–Trinajstić information content (AvgIpc) is 2.83. The summed E-state index contributed by atoms with van der Waals surface area (Å²) in [6, 6.07) is 9.35. The topological polar surface area (TPSA) is 207 Å². The number of amides is 1. The number of benzene rings is 2. The number of primary amides is 1. The van der Waals surface area contributed by atoms with E-state index in [2.05, 4.69) is 9.73 Å². The van der Waals surface area contributed by atoms with E-state index in [4.69, 9.17) is 26.7 Å². The van der Waals surface area contributed by atoms with Crippen LogP contribution in [-0.2, 0) is 16.0 Å². The van der Waals surface area contributed by atoms with E-state index in [0.717, 1.165) is 0 Å². The molecule has 1 aliphatic rings. The monoisotopic (exact) mass is 512 g/mol. The van der Waals surface area contributed by atoms with Crippen molar-refractivity contribution in [3.63, 3.8) is 0 Å². The molecular formula is C25H28N4O8. The molecule has 0 saturated carbocycles. The molecule has 12 heteroatoms. The molecule has 1 atom stereocenters. The first-order chi connectivity index (χ1) is 17.7. The predicted octanol–water partition coefficient (Wildman–Crippen LogP) is 2.28. The number of ether oxygens (including phenoxy) is 3. The number of aliphatic carboxylic acids is 1. The smallest absolute Gasteiger partial charge is 0.404 e. The highest BCUT2D eigenvalue weighted by Gasteiger charge is 2.27. The average molecular weight is 513 g/mol. The lowest BCUT2D eigenvalue weighted by atomic mass is 9.93. The number of carboxylic acid groups (broad SMARTS) is 1. The second-order valence-corrected chi connectivity index (χ2v) is 8.32. The highest BCUT2D eigenvalue weighted by Crippen LogP contribution is 2.35. The number of aliphatic imine (C=N–C) groups is 1. The van der Waals surface area contributed by atoms with E-state index >= 15 is 0 Å². The zero-order valence-corrected chi connectivity index (χ0v) is 20.0. The third kappa shape index (κ3) is 7.43. The number of hydrogen-bond acceptors (Lipinski definition) is 8. The second kappa shape index (κ2) is 12.4. The van der Waals surface area contributed by atoms with Gasteiger partial charge in [-0.3, -0.25) is 9.59 Å². The van der Waals surface area contributed by atoms with Crippen LogP contribution in [-0.4, -0.2) is 48.1 Å². The maximum atomic E-state index is 13.1. The Morgan fingerprint density at radius 3 is 2.62 bits per heavy atom. The first-order valence-electron chi connectivity index (χ1n) is 11.5. The minimum Gasteiger partial charge on any atom is -0.489 e. The Morgan fingerprint density at radius 2 is 1.92 bits per heavy atom. The summed E-state index contributed by atoms with van der Waals surface area (Å²) in [5.74, 6) is -3.32. The lowest BCUT2D eigenvalue weighted by molar-refractivity contribution is -0.142. The molecular weight excluding hydrogens is 484 g/mol. The summed E-state index contributed by atoms with van der Waals surface area (Å²) in [5, 5.41) is 9.55. The predicted molar refractivity (Wildman–Crippen MR) is 132 cm³/mol. The number of nitrogens with zero attached hydrogens (tertiary/aromatic N) is 1. The van der Waals surface area contributed by atoms with Gasteiger partial charge in [0.15, 0.2) is 23.2 Å². The number of nitrogens with two attached hydrogens (primary N) is 3. The lowest BCUT2D eigenvalue weighted by Crippen LogP contribution is -2.22. The van der Waals surface area contributed by atoms with Crippen LogP contribution in [0.25, 0.3) is 0 Å². The van der Waals surface area contributed by atoms with Gasteiger partial charge < -0.3 is 36.5 Å².